The Balaban J connectivity index is 3.01. The number of pyridine rings is 1. The Kier molecular flexibility index (Phi) is 2.29. The number of halogens is 1. The lowest BCUT2D eigenvalue weighted by atomic mass is 10.2. The van der Waals surface area contributed by atoms with Gasteiger partial charge in [0.15, 0.2) is 0 Å². The van der Waals surface area contributed by atoms with Gasteiger partial charge >= 0.3 is 0 Å². The van der Waals surface area contributed by atoms with Gasteiger partial charge in [-0.3, -0.25) is 0 Å². The zero-order valence-corrected chi connectivity index (χ0v) is 6.47. The van der Waals surface area contributed by atoms with Crippen molar-refractivity contribution in [1.82, 2.24) is 4.98 Å². The van der Waals surface area contributed by atoms with Gasteiger partial charge in [0.2, 0.25) is 0 Å². The first kappa shape index (κ1) is 7.83. The van der Waals surface area contributed by atoms with Gasteiger partial charge in [-0.15, -0.1) is 0 Å². The highest BCUT2D eigenvalue weighted by Gasteiger charge is 1.99. The van der Waals surface area contributed by atoms with E-state index in [1.165, 1.54) is 0 Å². The average molecular weight is 168 g/mol. The molecule has 0 bridgehead atoms. The van der Waals surface area contributed by atoms with Crippen molar-refractivity contribution in [2.45, 2.75) is 6.42 Å². The van der Waals surface area contributed by atoms with Gasteiger partial charge in [-0.05, 0) is 6.07 Å². The van der Waals surface area contributed by atoms with Gasteiger partial charge in [0.1, 0.15) is 11.0 Å². The Morgan fingerprint density at radius 3 is 2.91 bits per heavy atom. The zero-order valence-electron chi connectivity index (χ0n) is 5.71. The molecule has 0 saturated carbocycles. The number of nitrogen functional groups attached to an aromatic ring is 1. The maximum absolute atomic E-state index is 8.35. The summed E-state index contributed by atoms with van der Waals surface area (Å²) in [6.07, 6.45) is 0.270. The summed E-state index contributed by atoms with van der Waals surface area (Å²) < 4.78 is 0. The van der Waals surface area contributed by atoms with Crippen molar-refractivity contribution in [1.29, 1.82) is 5.26 Å². The molecule has 1 heterocycles. The van der Waals surface area contributed by atoms with Crippen molar-refractivity contribution in [3.8, 4) is 6.07 Å². The van der Waals surface area contributed by atoms with Crippen molar-refractivity contribution in [3.05, 3.63) is 22.8 Å². The van der Waals surface area contributed by atoms with Crippen LogP contribution in [0.4, 0.5) is 5.82 Å². The molecule has 0 unspecified atom stereocenters. The van der Waals surface area contributed by atoms with Crippen molar-refractivity contribution >= 4 is 17.4 Å². The highest BCUT2D eigenvalue weighted by molar-refractivity contribution is 6.30. The second-order valence-corrected chi connectivity index (χ2v) is 2.38. The molecule has 0 aromatic carbocycles. The normalized spacial score (nSPS) is 9.09. The van der Waals surface area contributed by atoms with Crippen LogP contribution in [0.3, 0.4) is 0 Å². The van der Waals surface area contributed by atoms with Gasteiger partial charge in [-0.25, -0.2) is 4.98 Å². The summed E-state index contributed by atoms with van der Waals surface area (Å²) >= 11 is 5.67. The summed E-state index contributed by atoms with van der Waals surface area (Å²) in [5.41, 5.74) is 6.06. The van der Waals surface area contributed by atoms with Crippen LogP contribution in [0, 0.1) is 11.3 Å². The molecule has 1 aromatic heterocycles. The van der Waals surface area contributed by atoms with Gasteiger partial charge in [0, 0.05) is 5.56 Å². The summed E-state index contributed by atoms with van der Waals surface area (Å²) in [6.45, 7) is 0. The Hall–Kier alpha value is -1.27. The van der Waals surface area contributed by atoms with E-state index in [1.54, 1.807) is 12.1 Å². The maximum Gasteiger partial charge on any atom is 0.135 e. The van der Waals surface area contributed by atoms with Crippen LogP contribution in [0.2, 0.25) is 5.15 Å². The van der Waals surface area contributed by atoms with Crippen LogP contribution in [-0.2, 0) is 6.42 Å². The van der Waals surface area contributed by atoms with Crippen molar-refractivity contribution in [2.24, 2.45) is 0 Å². The van der Waals surface area contributed by atoms with Crippen LogP contribution in [0.1, 0.15) is 5.56 Å². The SMILES string of the molecule is N#CCc1ccc(N)nc1Cl. The summed E-state index contributed by atoms with van der Waals surface area (Å²) in [7, 11) is 0. The molecular formula is C7H6ClN3. The predicted molar refractivity (Wildman–Crippen MR) is 43.0 cm³/mol. The number of nitriles is 1. The fourth-order valence-electron chi connectivity index (χ4n) is 0.694. The largest absolute Gasteiger partial charge is 0.384 e. The first-order valence-corrected chi connectivity index (χ1v) is 3.39. The standard InChI is InChI=1S/C7H6ClN3/c8-7-5(3-4-9)1-2-6(10)11-7/h1-2H,3H2,(H2,10,11). The van der Waals surface area contributed by atoms with Gasteiger partial charge < -0.3 is 5.73 Å². The van der Waals surface area contributed by atoms with Crippen molar-refractivity contribution < 1.29 is 0 Å². The minimum absolute atomic E-state index is 0.270. The molecule has 0 saturated heterocycles. The third kappa shape index (κ3) is 1.82. The molecule has 0 radical (unpaired) electrons. The molecule has 2 N–H and O–H groups in total. The molecule has 4 heteroatoms. The van der Waals surface area contributed by atoms with E-state index in [-0.39, 0.29) is 6.42 Å². The number of hydrogen-bond acceptors (Lipinski definition) is 3. The molecule has 0 atom stereocenters. The first-order valence-electron chi connectivity index (χ1n) is 3.02. The van der Waals surface area contributed by atoms with E-state index >= 15 is 0 Å². The quantitative estimate of drug-likeness (QED) is 0.643. The average Bonchev–Trinajstić information content (AvgIpc) is 1.95. The molecule has 0 aliphatic rings. The van der Waals surface area contributed by atoms with Gasteiger partial charge in [0.25, 0.3) is 0 Å². The van der Waals surface area contributed by atoms with E-state index in [9.17, 15) is 0 Å². The van der Waals surface area contributed by atoms with Crippen molar-refractivity contribution in [2.75, 3.05) is 5.73 Å². The molecule has 0 aliphatic heterocycles. The van der Waals surface area contributed by atoms with Crippen LogP contribution in [-0.4, -0.2) is 4.98 Å². The minimum atomic E-state index is 0.270. The van der Waals surface area contributed by atoms with Crippen LogP contribution in [0.5, 0.6) is 0 Å². The molecule has 11 heavy (non-hydrogen) atoms. The van der Waals surface area contributed by atoms with Crippen LogP contribution in [0.15, 0.2) is 12.1 Å². The zero-order chi connectivity index (χ0) is 8.27. The third-order valence-corrected chi connectivity index (χ3v) is 1.54. The number of anilines is 1. The molecule has 0 amide bonds. The molecule has 0 fully saturated rings. The number of aromatic nitrogens is 1. The predicted octanol–water partition coefficient (Wildman–Crippen LogP) is 1.38. The Morgan fingerprint density at radius 2 is 2.36 bits per heavy atom. The monoisotopic (exact) mass is 167 g/mol. The number of hydrogen-bond donors (Lipinski definition) is 1. The van der Waals surface area contributed by atoms with E-state index in [0.29, 0.717) is 16.5 Å². The second-order valence-electron chi connectivity index (χ2n) is 2.02. The highest BCUT2D eigenvalue weighted by atomic mass is 35.5. The van der Waals surface area contributed by atoms with E-state index < -0.39 is 0 Å². The summed E-state index contributed by atoms with van der Waals surface area (Å²) in [5.74, 6) is 0.372. The highest BCUT2D eigenvalue weighted by Crippen LogP contribution is 2.14. The molecule has 1 aromatic rings. The fourth-order valence-corrected chi connectivity index (χ4v) is 0.922. The molecule has 1 rings (SSSR count). The van der Waals surface area contributed by atoms with E-state index in [0.717, 1.165) is 0 Å². The summed E-state index contributed by atoms with van der Waals surface area (Å²) in [5, 5.41) is 8.66. The first-order chi connectivity index (χ1) is 5.24. The molecule has 0 aliphatic carbocycles. The second kappa shape index (κ2) is 3.22. The Labute approximate surface area is 69.4 Å². The lowest BCUT2D eigenvalue weighted by molar-refractivity contribution is 1.20. The molecule has 3 nitrogen and oxygen atoms in total. The summed E-state index contributed by atoms with van der Waals surface area (Å²) in [6, 6.07) is 5.30. The van der Waals surface area contributed by atoms with E-state index in [2.05, 4.69) is 4.98 Å². The van der Waals surface area contributed by atoms with E-state index in [4.69, 9.17) is 22.6 Å². The number of nitrogens with two attached hydrogens (primary N) is 1. The van der Waals surface area contributed by atoms with Gasteiger partial charge in [-0.2, -0.15) is 5.26 Å². The fraction of sp³-hybridized carbons (Fsp3) is 0.143. The van der Waals surface area contributed by atoms with Crippen LogP contribution < -0.4 is 5.73 Å². The maximum atomic E-state index is 8.35. The van der Waals surface area contributed by atoms with Gasteiger partial charge in [0.05, 0.1) is 12.5 Å². The lowest BCUT2D eigenvalue weighted by Gasteiger charge is -1.97. The van der Waals surface area contributed by atoms with Crippen molar-refractivity contribution in [3.63, 3.8) is 0 Å². The van der Waals surface area contributed by atoms with Gasteiger partial charge in [-0.1, -0.05) is 17.7 Å². The minimum Gasteiger partial charge on any atom is -0.384 e. The topological polar surface area (TPSA) is 62.7 Å². The Bertz CT molecular complexity index is 303. The molecular weight excluding hydrogens is 162 g/mol. The van der Waals surface area contributed by atoms with Crippen LogP contribution in [0.25, 0.3) is 0 Å². The number of rotatable bonds is 1. The van der Waals surface area contributed by atoms with E-state index in [1.807, 2.05) is 6.07 Å². The van der Waals surface area contributed by atoms with Crippen LogP contribution >= 0.6 is 11.6 Å². The third-order valence-electron chi connectivity index (χ3n) is 1.22. The molecule has 56 valence electrons. The molecule has 0 spiro atoms. The number of nitrogens with zero attached hydrogens (tertiary/aromatic N) is 2. The lowest BCUT2D eigenvalue weighted by Crippen LogP contribution is -1.93. The smallest absolute Gasteiger partial charge is 0.135 e. The summed E-state index contributed by atoms with van der Waals surface area (Å²) in [4.78, 5) is 3.78. The Morgan fingerprint density at radius 1 is 1.64 bits per heavy atom.